The molecule has 2 N–H and O–H groups in total. The molecule has 1 aromatic heterocycles. The fourth-order valence-corrected chi connectivity index (χ4v) is 1.69. The molecular formula is C12H23N3O. The molecule has 0 saturated heterocycles. The van der Waals surface area contributed by atoms with Gasteiger partial charge in [-0.15, -0.1) is 0 Å². The molecule has 0 bridgehead atoms. The van der Waals surface area contributed by atoms with Gasteiger partial charge in [-0.2, -0.15) is 5.10 Å². The van der Waals surface area contributed by atoms with Crippen molar-refractivity contribution in [1.82, 2.24) is 15.1 Å². The highest BCUT2D eigenvalue weighted by Gasteiger charge is 2.14. The third-order valence-corrected chi connectivity index (χ3v) is 3.42. The number of aliphatic hydroxyl groups excluding tert-OH is 1. The van der Waals surface area contributed by atoms with E-state index in [-0.39, 0.29) is 12.6 Å². The van der Waals surface area contributed by atoms with Crippen molar-refractivity contribution in [3.05, 3.63) is 17.5 Å². The van der Waals surface area contributed by atoms with Crippen molar-refractivity contribution < 1.29 is 5.11 Å². The number of rotatable bonds is 6. The lowest BCUT2D eigenvalue weighted by Gasteiger charge is -2.22. The van der Waals surface area contributed by atoms with E-state index in [9.17, 15) is 5.11 Å². The first-order chi connectivity index (χ1) is 7.60. The van der Waals surface area contributed by atoms with Crippen LogP contribution in [0.2, 0.25) is 0 Å². The Balaban J connectivity index is 2.52. The van der Waals surface area contributed by atoms with Crippen LogP contribution < -0.4 is 5.32 Å². The normalized spacial score (nSPS) is 15.1. The lowest BCUT2D eigenvalue weighted by molar-refractivity contribution is 0.201. The topological polar surface area (TPSA) is 50.1 Å². The lowest BCUT2D eigenvalue weighted by atomic mass is 10.00. The maximum absolute atomic E-state index is 9.30. The first-order valence-electron chi connectivity index (χ1n) is 5.91. The molecule has 2 atom stereocenters. The quantitative estimate of drug-likeness (QED) is 0.765. The second-order valence-corrected chi connectivity index (χ2v) is 4.43. The molecule has 4 heteroatoms. The Labute approximate surface area is 97.7 Å². The van der Waals surface area contributed by atoms with Gasteiger partial charge in [0.05, 0.1) is 12.8 Å². The fourth-order valence-electron chi connectivity index (χ4n) is 1.69. The summed E-state index contributed by atoms with van der Waals surface area (Å²) in [4.78, 5) is 0. The van der Waals surface area contributed by atoms with E-state index in [1.807, 2.05) is 17.9 Å². The number of hydrogen-bond donors (Lipinski definition) is 2. The van der Waals surface area contributed by atoms with Gasteiger partial charge in [0.15, 0.2) is 0 Å². The van der Waals surface area contributed by atoms with Crippen LogP contribution in [0.15, 0.2) is 6.20 Å². The standard InChI is InChI=1S/C12H23N3O/c1-5-9(2)12(8-16)13-6-11-7-14-15(4)10(11)3/h7,9,12-13,16H,5-6,8H2,1-4H3. The van der Waals surface area contributed by atoms with E-state index in [2.05, 4.69) is 31.2 Å². The highest BCUT2D eigenvalue weighted by Crippen LogP contribution is 2.10. The largest absolute Gasteiger partial charge is 0.395 e. The summed E-state index contributed by atoms with van der Waals surface area (Å²) in [5, 5.41) is 16.9. The molecule has 0 aliphatic heterocycles. The van der Waals surface area contributed by atoms with E-state index in [1.165, 1.54) is 11.3 Å². The first kappa shape index (κ1) is 13.2. The second kappa shape index (κ2) is 6.01. The number of aliphatic hydroxyl groups is 1. The zero-order chi connectivity index (χ0) is 12.1. The average Bonchev–Trinajstić information content (AvgIpc) is 2.61. The number of hydrogen-bond acceptors (Lipinski definition) is 3. The molecule has 0 fully saturated rings. The molecule has 0 aliphatic rings. The van der Waals surface area contributed by atoms with Gasteiger partial charge in [-0.3, -0.25) is 4.68 Å². The highest BCUT2D eigenvalue weighted by atomic mass is 16.3. The lowest BCUT2D eigenvalue weighted by Crippen LogP contribution is -2.37. The summed E-state index contributed by atoms with van der Waals surface area (Å²) in [5.74, 6) is 0.488. The maximum Gasteiger partial charge on any atom is 0.0587 e. The number of nitrogens with one attached hydrogen (secondary N) is 1. The molecule has 1 rings (SSSR count). The zero-order valence-electron chi connectivity index (χ0n) is 10.7. The Bertz CT molecular complexity index is 322. The van der Waals surface area contributed by atoms with Crippen LogP contribution in [0.5, 0.6) is 0 Å². The molecule has 0 radical (unpaired) electrons. The Hall–Kier alpha value is -0.870. The summed E-state index contributed by atoms with van der Waals surface area (Å²) >= 11 is 0. The summed E-state index contributed by atoms with van der Waals surface area (Å²) in [6.07, 6.45) is 2.96. The minimum absolute atomic E-state index is 0.171. The third kappa shape index (κ3) is 3.06. The van der Waals surface area contributed by atoms with Crippen LogP contribution in [0.3, 0.4) is 0 Å². The summed E-state index contributed by atoms with van der Waals surface area (Å²) in [6.45, 7) is 7.32. The van der Waals surface area contributed by atoms with E-state index in [0.29, 0.717) is 5.92 Å². The SMILES string of the molecule is CCC(C)C(CO)NCc1cnn(C)c1C. The van der Waals surface area contributed by atoms with Gasteiger partial charge in [0.2, 0.25) is 0 Å². The van der Waals surface area contributed by atoms with Gasteiger partial charge in [-0.1, -0.05) is 20.3 Å². The number of nitrogens with zero attached hydrogens (tertiary/aromatic N) is 2. The predicted molar refractivity (Wildman–Crippen MR) is 65.1 cm³/mol. The predicted octanol–water partition coefficient (Wildman–Crippen LogP) is 1.23. The van der Waals surface area contributed by atoms with E-state index in [0.717, 1.165) is 13.0 Å². The van der Waals surface area contributed by atoms with Crippen LogP contribution in [0.4, 0.5) is 0 Å². The van der Waals surface area contributed by atoms with Crippen LogP contribution in [0.25, 0.3) is 0 Å². The van der Waals surface area contributed by atoms with Gasteiger partial charge >= 0.3 is 0 Å². The van der Waals surface area contributed by atoms with Crippen molar-refractivity contribution in [2.24, 2.45) is 13.0 Å². The highest BCUT2D eigenvalue weighted by molar-refractivity contribution is 5.15. The molecule has 4 nitrogen and oxygen atoms in total. The first-order valence-corrected chi connectivity index (χ1v) is 5.91. The maximum atomic E-state index is 9.30. The van der Waals surface area contributed by atoms with E-state index in [4.69, 9.17) is 0 Å². The Kier molecular flexibility index (Phi) is 4.96. The molecule has 0 amide bonds. The van der Waals surface area contributed by atoms with Crippen molar-refractivity contribution in [3.63, 3.8) is 0 Å². The minimum Gasteiger partial charge on any atom is -0.395 e. The molecule has 0 aromatic carbocycles. The fraction of sp³-hybridized carbons (Fsp3) is 0.750. The zero-order valence-corrected chi connectivity index (χ0v) is 10.7. The molecule has 0 saturated carbocycles. The van der Waals surface area contributed by atoms with Crippen LogP contribution >= 0.6 is 0 Å². The smallest absolute Gasteiger partial charge is 0.0587 e. The van der Waals surface area contributed by atoms with Crippen LogP contribution in [0.1, 0.15) is 31.5 Å². The summed E-state index contributed by atoms with van der Waals surface area (Å²) in [7, 11) is 1.94. The van der Waals surface area contributed by atoms with Crippen molar-refractivity contribution in [1.29, 1.82) is 0 Å². The van der Waals surface area contributed by atoms with Gasteiger partial charge < -0.3 is 10.4 Å². The van der Waals surface area contributed by atoms with Gasteiger partial charge in [-0.05, 0) is 12.8 Å². The molecule has 1 aromatic rings. The molecular weight excluding hydrogens is 202 g/mol. The Morgan fingerprint density at radius 1 is 1.56 bits per heavy atom. The molecule has 92 valence electrons. The third-order valence-electron chi connectivity index (χ3n) is 3.42. The molecule has 2 unspecified atom stereocenters. The summed E-state index contributed by atoms with van der Waals surface area (Å²) in [6, 6.07) is 0.171. The van der Waals surface area contributed by atoms with E-state index < -0.39 is 0 Å². The van der Waals surface area contributed by atoms with Crippen LogP contribution in [-0.4, -0.2) is 27.5 Å². The van der Waals surface area contributed by atoms with Crippen molar-refractivity contribution in [2.75, 3.05) is 6.61 Å². The second-order valence-electron chi connectivity index (χ2n) is 4.43. The Morgan fingerprint density at radius 2 is 2.25 bits per heavy atom. The van der Waals surface area contributed by atoms with Gasteiger partial charge in [0, 0.05) is 30.9 Å². The van der Waals surface area contributed by atoms with Crippen LogP contribution in [0, 0.1) is 12.8 Å². The van der Waals surface area contributed by atoms with Crippen molar-refractivity contribution in [2.45, 2.75) is 39.8 Å². The number of aryl methyl sites for hydroxylation is 1. The summed E-state index contributed by atoms with van der Waals surface area (Å²) < 4.78 is 1.87. The molecule has 0 spiro atoms. The average molecular weight is 225 g/mol. The Morgan fingerprint density at radius 3 is 2.69 bits per heavy atom. The van der Waals surface area contributed by atoms with Gasteiger partial charge in [-0.25, -0.2) is 0 Å². The monoisotopic (exact) mass is 225 g/mol. The van der Waals surface area contributed by atoms with Crippen LogP contribution in [-0.2, 0) is 13.6 Å². The van der Waals surface area contributed by atoms with Crippen molar-refractivity contribution >= 4 is 0 Å². The minimum atomic E-state index is 0.171. The van der Waals surface area contributed by atoms with Gasteiger partial charge in [0.25, 0.3) is 0 Å². The molecule has 16 heavy (non-hydrogen) atoms. The molecule has 0 aliphatic carbocycles. The van der Waals surface area contributed by atoms with E-state index in [1.54, 1.807) is 0 Å². The van der Waals surface area contributed by atoms with E-state index >= 15 is 0 Å². The molecule has 1 heterocycles. The summed E-state index contributed by atoms with van der Waals surface area (Å²) in [5.41, 5.74) is 2.37. The van der Waals surface area contributed by atoms with Crippen molar-refractivity contribution in [3.8, 4) is 0 Å². The number of aromatic nitrogens is 2. The van der Waals surface area contributed by atoms with Gasteiger partial charge in [0.1, 0.15) is 0 Å².